The van der Waals surface area contributed by atoms with Crippen molar-refractivity contribution in [2.45, 2.75) is 25.7 Å². The highest BCUT2D eigenvalue weighted by molar-refractivity contribution is 14.0. The van der Waals surface area contributed by atoms with Gasteiger partial charge in [-0.25, -0.2) is 4.39 Å². The zero-order valence-corrected chi connectivity index (χ0v) is 16.5. The molecule has 1 fully saturated rings. The Labute approximate surface area is 162 Å². The van der Waals surface area contributed by atoms with Gasteiger partial charge < -0.3 is 10.2 Å². The van der Waals surface area contributed by atoms with Crippen LogP contribution < -0.4 is 5.32 Å². The van der Waals surface area contributed by atoms with Gasteiger partial charge in [-0.1, -0.05) is 18.2 Å². The van der Waals surface area contributed by atoms with Gasteiger partial charge in [0.25, 0.3) is 0 Å². The van der Waals surface area contributed by atoms with E-state index in [4.69, 9.17) is 0 Å². The molecule has 0 radical (unpaired) electrons. The van der Waals surface area contributed by atoms with Gasteiger partial charge in [-0.05, 0) is 13.0 Å². The van der Waals surface area contributed by atoms with Gasteiger partial charge in [0.2, 0.25) is 0 Å². The van der Waals surface area contributed by atoms with Crippen LogP contribution in [0.1, 0.15) is 12.5 Å². The van der Waals surface area contributed by atoms with Crippen LogP contribution in [-0.2, 0) is 6.54 Å². The minimum atomic E-state index is -4.22. The smallest absolute Gasteiger partial charge is 0.352 e. The zero-order valence-electron chi connectivity index (χ0n) is 14.2. The fourth-order valence-corrected chi connectivity index (χ4v) is 2.68. The number of aliphatic imine (C=N–C) groups is 1. The predicted molar refractivity (Wildman–Crippen MR) is 101 cm³/mol. The largest absolute Gasteiger partial charge is 0.403 e. The lowest BCUT2D eigenvalue weighted by Gasteiger charge is -2.39. The fraction of sp³-hybridized carbons (Fsp3) is 0.562. The van der Waals surface area contributed by atoms with E-state index in [1.165, 1.54) is 17.9 Å². The van der Waals surface area contributed by atoms with Crippen molar-refractivity contribution in [2.24, 2.45) is 4.99 Å². The molecule has 2 rings (SSSR count). The summed E-state index contributed by atoms with van der Waals surface area (Å²) in [6.07, 6.45) is -4.22. The molecule has 0 aliphatic carbocycles. The van der Waals surface area contributed by atoms with Crippen LogP contribution in [0.15, 0.2) is 29.3 Å². The van der Waals surface area contributed by atoms with Crippen LogP contribution in [0.4, 0.5) is 17.6 Å². The summed E-state index contributed by atoms with van der Waals surface area (Å²) in [6, 6.07) is 4.98. The summed E-state index contributed by atoms with van der Waals surface area (Å²) in [7, 11) is 1.61. The van der Waals surface area contributed by atoms with E-state index in [-0.39, 0.29) is 36.3 Å². The SMILES string of the molecule is CN=C(NCc1ccccc1F)N1CCN(C(C)C(F)(F)F)CC1.I. The summed E-state index contributed by atoms with van der Waals surface area (Å²) in [5.74, 6) is 0.266. The number of benzene rings is 1. The van der Waals surface area contributed by atoms with Gasteiger partial charge in [0.05, 0.1) is 0 Å². The summed E-state index contributed by atoms with van der Waals surface area (Å²) in [5, 5.41) is 3.07. The number of hydrogen-bond donors (Lipinski definition) is 1. The van der Waals surface area contributed by atoms with E-state index >= 15 is 0 Å². The molecule has 1 heterocycles. The second-order valence-electron chi connectivity index (χ2n) is 5.73. The third-order valence-corrected chi connectivity index (χ3v) is 4.24. The maximum absolute atomic E-state index is 13.6. The average molecular weight is 474 g/mol. The lowest BCUT2D eigenvalue weighted by Crippen LogP contribution is -2.56. The van der Waals surface area contributed by atoms with Crippen LogP contribution in [0.3, 0.4) is 0 Å². The van der Waals surface area contributed by atoms with Gasteiger partial charge in [0, 0.05) is 45.3 Å². The highest BCUT2D eigenvalue weighted by atomic mass is 127. The lowest BCUT2D eigenvalue weighted by atomic mass is 10.2. The molecule has 1 aromatic carbocycles. The molecular weight excluding hydrogens is 451 g/mol. The molecule has 1 saturated heterocycles. The monoisotopic (exact) mass is 474 g/mol. The Bertz CT molecular complexity index is 571. The second kappa shape index (κ2) is 9.56. The van der Waals surface area contributed by atoms with E-state index < -0.39 is 12.2 Å². The fourth-order valence-electron chi connectivity index (χ4n) is 2.68. The molecule has 1 unspecified atom stereocenters. The Morgan fingerprint density at radius 3 is 2.32 bits per heavy atom. The Kier molecular flexibility index (Phi) is 8.39. The minimum absolute atomic E-state index is 0. The number of nitrogens with one attached hydrogen (secondary N) is 1. The van der Waals surface area contributed by atoms with Crippen LogP contribution in [0.5, 0.6) is 0 Å². The summed E-state index contributed by atoms with van der Waals surface area (Å²) >= 11 is 0. The number of rotatable bonds is 3. The molecule has 1 aliphatic rings. The van der Waals surface area contributed by atoms with Gasteiger partial charge >= 0.3 is 6.18 Å². The molecule has 142 valence electrons. The van der Waals surface area contributed by atoms with Crippen LogP contribution in [0.2, 0.25) is 0 Å². The normalized spacial score (nSPS) is 17.8. The summed E-state index contributed by atoms with van der Waals surface area (Å²) < 4.78 is 52.0. The number of hydrogen-bond acceptors (Lipinski definition) is 2. The highest BCUT2D eigenvalue weighted by Crippen LogP contribution is 2.25. The van der Waals surface area contributed by atoms with Crippen LogP contribution in [0, 0.1) is 5.82 Å². The molecule has 1 aliphatic heterocycles. The first-order valence-electron chi connectivity index (χ1n) is 7.82. The van der Waals surface area contributed by atoms with Gasteiger partial charge in [-0.2, -0.15) is 13.2 Å². The third-order valence-electron chi connectivity index (χ3n) is 4.24. The quantitative estimate of drug-likeness (QED) is 0.316. The maximum Gasteiger partial charge on any atom is 0.403 e. The molecule has 0 spiro atoms. The van der Waals surface area contributed by atoms with E-state index in [0.29, 0.717) is 37.7 Å². The molecule has 0 aromatic heterocycles. The van der Waals surface area contributed by atoms with Crippen molar-refractivity contribution < 1.29 is 17.6 Å². The molecule has 4 nitrogen and oxygen atoms in total. The number of guanidine groups is 1. The van der Waals surface area contributed by atoms with E-state index in [1.807, 2.05) is 4.90 Å². The van der Waals surface area contributed by atoms with Crippen molar-refractivity contribution >= 4 is 29.9 Å². The second-order valence-corrected chi connectivity index (χ2v) is 5.73. The molecule has 0 bridgehead atoms. The molecule has 1 N–H and O–H groups in total. The Balaban J connectivity index is 0.00000312. The molecule has 1 aromatic rings. The number of alkyl halides is 3. The highest BCUT2D eigenvalue weighted by Gasteiger charge is 2.41. The first-order chi connectivity index (χ1) is 11.3. The Morgan fingerprint density at radius 1 is 1.20 bits per heavy atom. The first kappa shape index (κ1) is 21.9. The third kappa shape index (κ3) is 5.98. The lowest BCUT2D eigenvalue weighted by molar-refractivity contribution is -0.181. The van der Waals surface area contributed by atoms with E-state index in [1.54, 1.807) is 25.2 Å². The summed E-state index contributed by atoms with van der Waals surface area (Å²) in [4.78, 5) is 7.45. The van der Waals surface area contributed by atoms with Crippen LogP contribution in [0.25, 0.3) is 0 Å². The Hall–Kier alpha value is -1.10. The van der Waals surface area contributed by atoms with Gasteiger partial charge in [0.1, 0.15) is 11.9 Å². The van der Waals surface area contributed by atoms with Gasteiger partial charge in [-0.3, -0.25) is 9.89 Å². The van der Waals surface area contributed by atoms with E-state index in [0.717, 1.165) is 0 Å². The molecule has 0 amide bonds. The molecular formula is C16H23F4IN4. The molecule has 25 heavy (non-hydrogen) atoms. The standard InChI is InChI=1S/C16H22F4N4.HI/c1-12(16(18,19)20)23-7-9-24(10-8-23)15(21-2)22-11-13-5-3-4-6-14(13)17;/h3-6,12H,7-11H2,1-2H3,(H,21,22);1H. The van der Waals surface area contributed by atoms with Gasteiger partial charge in [-0.15, -0.1) is 24.0 Å². The summed E-state index contributed by atoms with van der Waals surface area (Å²) in [6.45, 7) is 2.95. The van der Waals surface area contributed by atoms with Crippen LogP contribution >= 0.6 is 24.0 Å². The van der Waals surface area contributed by atoms with Gasteiger partial charge in [0.15, 0.2) is 5.96 Å². The average Bonchev–Trinajstić information content (AvgIpc) is 2.56. The van der Waals surface area contributed by atoms with Crippen molar-refractivity contribution in [3.63, 3.8) is 0 Å². The number of piperazine rings is 1. The predicted octanol–water partition coefficient (Wildman–Crippen LogP) is 3.09. The maximum atomic E-state index is 13.6. The Morgan fingerprint density at radius 2 is 1.80 bits per heavy atom. The zero-order chi connectivity index (χ0) is 17.7. The molecule has 1 atom stereocenters. The van der Waals surface area contributed by atoms with E-state index in [2.05, 4.69) is 10.3 Å². The summed E-state index contributed by atoms with van der Waals surface area (Å²) in [5.41, 5.74) is 0.517. The van der Waals surface area contributed by atoms with Crippen molar-refractivity contribution in [3.8, 4) is 0 Å². The van der Waals surface area contributed by atoms with E-state index in [9.17, 15) is 17.6 Å². The van der Waals surface area contributed by atoms with Crippen LogP contribution in [-0.4, -0.2) is 61.2 Å². The minimum Gasteiger partial charge on any atom is -0.352 e. The van der Waals surface area contributed by atoms with Crippen molar-refractivity contribution in [1.82, 2.24) is 15.1 Å². The molecule has 9 heteroatoms. The first-order valence-corrected chi connectivity index (χ1v) is 7.82. The number of nitrogens with zero attached hydrogens (tertiary/aromatic N) is 3. The molecule has 0 saturated carbocycles. The number of halogens is 5. The van der Waals surface area contributed by atoms with Crippen molar-refractivity contribution in [1.29, 1.82) is 0 Å². The van der Waals surface area contributed by atoms with Crippen molar-refractivity contribution in [2.75, 3.05) is 33.2 Å². The van der Waals surface area contributed by atoms with Crippen molar-refractivity contribution in [3.05, 3.63) is 35.6 Å². The topological polar surface area (TPSA) is 30.9 Å².